The van der Waals surface area contributed by atoms with E-state index in [1.165, 1.54) is 12.0 Å². The highest BCUT2D eigenvalue weighted by molar-refractivity contribution is 5.15. The van der Waals surface area contributed by atoms with Crippen molar-refractivity contribution in [2.45, 2.75) is 12.8 Å². The molecule has 0 unspecified atom stereocenters. The van der Waals surface area contributed by atoms with E-state index >= 15 is 0 Å². The third-order valence-corrected chi connectivity index (χ3v) is 2.63. The fraction of sp³-hybridized carbons (Fsp3) is 0.333. The molecular weight excluding hydrogens is 172 g/mol. The van der Waals surface area contributed by atoms with E-state index in [-0.39, 0.29) is 0 Å². The SMILES string of the molecule is NC1=C[C@@H](CCc2ccccc2)CN1. The number of nitrogens with one attached hydrogen (secondary N) is 1. The van der Waals surface area contributed by atoms with Gasteiger partial charge in [-0.3, -0.25) is 0 Å². The summed E-state index contributed by atoms with van der Waals surface area (Å²) in [5, 5.41) is 3.14. The lowest BCUT2D eigenvalue weighted by Gasteiger charge is -2.06. The molecule has 0 aromatic heterocycles. The Labute approximate surface area is 84.8 Å². The third kappa shape index (κ3) is 2.28. The molecule has 0 fully saturated rings. The highest BCUT2D eigenvalue weighted by Crippen LogP contribution is 2.14. The van der Waals surface area contributed by atoms with Crippen LogP contribution in [-0.2, 0) is 6.42 Å². The van der Waals surface area contributed by atoms with Crippen LogP contribution in [0.5, 0.6) is 0 Å². The number of nitrogens with two attached hydrogens (primary N) is 1. The van der Waals surface area contributed by atoms with Crippen LogP contribution in [0.4, 0.5) is 0 Å². The van der Waals surface area contributed by atoms with Gasteiger partial charge >= 0.3 is 0 Å². The van der Waals surface area contributed by atoms with Gasteiger partial charge in [0.1, 0.15) is 0 Å². The molecule has 1 heterocycles. The number of rotatable bonds is 3. The molecule has 0 saturated heterocycles. The van der Waals surface area contributed by atoms with Crippen molar-refractivity contribution >= 4 is 0 Å². The van der Waals surface area contributed by atoms with E-state index in [0.717, 1.165) is 18.8 Å². The molecule has 0 radical (unpaired) electrons. The Kier molecular flexibility index (Phi) is 2.73. The molecule has 0 amide bonds. The van der Waals surface area contributed by atoms with Crippen LogP contribution < -0.4 is 11.1 Å². The van der Waals surface area contributed by atoms with E-state index in [9.17, 15) is 0 Å². The van der Waals surface area contributed by atoms with Gasteiger partial charge in [0.15, 0.2) is 0 Å². The van der Waals surface area contributed by atoms with Gasteiger partial charge in [-0.15, -0.1) is 0 Å². The molecule has 1 aromatic carbocycles. The summed E-state index contributed by atoms with van der Waals surface area (Å²) in [7, 11) is 0. The standard InChI is InChI=1S/C12H16N2/c13-12-8-11(9-14-12)7-6-10-4-2-1-3-5-10/h1-5,8,11,14H,6-7,9,13H2/t11-/m1/s1. The van der Waals surface area contributed by atoms with Crippen molar-refractivity contribution in [3.8, 4) is 0 Å². The lowest BCUT2D eigenvalue weighted by atomic mass is 10.0. The Morgan fingerprint density at radius 1 is 1.29 bits per heavy atom. The first-order valence-corrected chi connectivity index (χ1v) is 5.09. The van der Waals surface area contributed by atoms with Gasteiger partial charge in [0, 0.05) is 6.54 Å². The lowest BCUT2D eigenvalue weighted by Crippen LogP contribution is -2.16. The lowest BCUT2D eigenvalue weighted by molar-refractivity contribution is 0.596. The van der Waals surface area contributed by atoms with E-state index in [2.05, 4.69) is 41.7 Å². The normalized spacial score (nSPS) is 20.3. The van der Waals surface area contributed by atoms with Crippen LogP contribution in [0.1, 0.15) is 12.0 Å². The summed E-state index contributed by atoms with van der Waals surface area (Å²) >= 11 is 0. The van der Waals surface area contributed by atoms with Gasteiger partial charge < -0.3 is 11.1 Å². The van der Waals surface area contributed by atoms with E-state index < -0.39 is 0 Å². The number of hydrogen-bond donors (Lipinski definition) is 2. The third-order valence-electron chi connectivity index (χ3n) is 2.63. The molecule has 2 nitrogen and oxygen atoms in total. The zero-order valence-corrected chi connectivity index (χ0v) is 8.24. The van der Waals surface area contributed by atoms with Crippen LogP contribution in [0.2, 0.25) is 0 Å². The number of aryl methyl sites for hydroxylation is 1. The Balaban J connectivity index is 1.84. The first-order valence-electron chi connectivity index (χ1n) is 5.09. The van der Waals surface area contributed by atoms with Gasteiger partial charge in [-0.05, 0) is 30.4 Å². The minimum absolute atomic E-state index is 0.607. The van der Waals surface area contributed by atoms with E-state index in [0.29, 0.717) is 5.92 Å². The van der Waals surface area contributed by atoms with Gasteiger partial charge in [0.2, 0.25) is 0 Å². The molecule has 2 heteroatoms. The van der Waals surface area contributed by atoms with Crippen LogP contribution in [-0.4, -0.2) is 6.54 Å². The average Bonchev–Trinajstić information content (AvgIpc) is 2.63. The van der Waals surface area contributed by atoms with Crippen LogP contribution in [0, 0.1) is 5.92 Å². The van der Waals surface area contributed by atoms with Crippen molar-refractivity contribution in [3.05, 3.63) is 47.8 Å². The Bertz CT molecular complexity index is 316. The molecule has 0 aliphatic carbocycles. The van der Waals surface area contributed by atoms with Crippen LogP contribution in [0.25, 0.3) is 0 Å². The second-order valence-corrected chi connectivity index (χ2v) is 3.79. The maximum absolute atomic E-state index is 5.64. The molecule has 1 atom stereocenters. The molecule has 74 valence electrons. The zero-order valence-electron chi connectivity index (χ0n) is 8.24. The van der Waals surface area contributed by atoms with Crippen LogP contribution >= 0.6 is 0 Å². The fourth-order valence-corrected chi connectivity index (χ4v) is 1.80. The van der Waals surface area contributed by atoms with E-state index in [1.807, 2.05) is 0 Å². The molecule has 1 aliphatic rings. The second-order valence-electron chi connectivity index (χ2n) is 3.79. The van der Waals surface area contributed by atoms with Crippen molar-refractivity contribution < 1.29 is 0 Å². The Morgan fingerprint density at radius 2 is 2.07 bits per heavy atom. The molecule has 3 N–H and O–H groups in total. The molecule has 0 saturated carbocycles. The summed E-state index contributed by atoms with van der Waals surface area (Å²) in [6.45, 7) is 0.999. The first kappa shape index (κ1) is 9.13. The first-order chi connectivity index (χ1) is 6.84. The van der Waals surface area contributed by atoms with Gasteiger partial charge in [0.25, 0.3) is 0 Å². The van der Waals surface area contributed by atoms with Gasteiger partial charge in [0.05, 0.1) is 5.82 Å². The van der Waals surface area contributed by atoms with E-state index in [4.69, 9.17) is 5.73 Å². The Hall–Kier alpha value is -1.44. The summed E-state index contributed by atoms with van der Waals surface area (Å²) in [5.74, 6) is 1.44. The minimum Gasteiger partial charge on any atom is -0.386 e. The second kappa shape index (κ2) is 4.18. The predicted molar refractivity (Wildman–Crippen MR) is 58.5 cm³/mol. The van der Waals surface area contributed by atoms with Gasteiger partial charge in [-0.1, -0.05) is 30.3 Å². The predicted octanol–water partition coefficient (Wildman–Crippen LogP) is 1.64. The van der Waals surface area contributed by atoms with Gasteiger partial charge in [-0.2, -0.15) is 0 Å². The zero-order chi connectivity index (χ0) is 9.80. The average molecular weight is 188 g/mol. The quantitative estimate of drug-likeness (QED) is 0.756. The highest BCUT2D eigenvalue weighted by Gasteiger charge is 2.12. The molecule has 1 aliphatic heterocycles. The smallest absolute Gasteiger partial charge is 0.0922 e. The Morgan fingerprint density at radius 3 is 2.71 bits per heavy atom. The fourth-order valence-electron chi connectivity index (χ4n) is 1.80. The number of benzene rings is 1. The largest absolute Gasteiger partial charge is 0.386 e. The molecule has 0 spiro atoms. The maximum Gasteiger partial charge on any atom is 0.0922 e. The van der Waals surface area contributed by atoms with Crippen molar-refractivity contribution in [2.24, 2.45) is 11.7 Å². The highest BCUT2D eigenvalue weighted by atomic mass is 15.0. The van der Waals surface area contributed by atoms with Crippen molar-refractivity contribution in [1.82, 2.24) is 5.32 Å². The summed E-state index contributed by atoms with van der Waals surface area (Å²) in [5.41, 5.74) is 7.05. The summed E-state index contributed by atoms with van der Waals surface area (Å²) in [4.78, 5) is 0. The molecule has 0 bridgehead atoms. The summed E-state index contributed by atoms with van der Waals surface area (Å²) in [6, 6.07) is 10.6. The van der Waals surface area contributed by atoms with Crippen molar-refractivity contribution in [2.75, 3.05) is 6.54 Å². The number of hydrogen-bond acceptors (Lipinski definition) is 2. The van der Waals surface area contributed by atoms with Crippen molar-refractivity contribution in [3.63, 3.8) is 0 Å². The van der Waals surface area contributed by atoms with E-state index in [1.54, 1.807) is 0 Å². The molecule has 14 heavy (non-hydrogen) atoms. The minimum atomic E-state index is 0.607. The molecule has 2 rings (SSSR count). The summed E-state index contributed by atoms with van der Waals surface area (Å²) < 4.78 is 0. The van der Waals surface area contributed by atoms with Crippen LogP contribution in [0.15, 0.2) is 42.2 Å². The monoisotopic (exact) mass is 188 g/mol. The topological polar surface area (TPSA) is 38.0 Å². The van der Waals surface area contributed by atoms with Gasteiger partial charge in [-0.25, -0.2) is 0 Å². The maximum atomic E-state index is 5.64. The summed E-state index contributed by atoms with van der Waals surface area (Å²) in [6.07, 6.45) is 4.44. The van der Waals surface area contributed by atoms with Crippen molar-refractivity contribution in [1.29, 1.82) is 0 Å². The van der Waals surface area contributed by atoms with Crippen LogP contribution in [0.3, 0.4) is 0 Å². The molecule has 1 aromatic rings. The molecular formula is C12H16N2.